The summed E-state index contributed by atoms with van der Waals surface area (Å²) in [7, 11) is -3.44. The van der Waals surface area contributed by atoms with Crippen molar-refractivity contribution < 1.29 is 8.42 Å². The molecular formula is C9H9N3O2S. The van der Waals surface area contributed by atoms with Crippen LogP contribution in [0.3, 0.4) is 0 Å². The predicted molar refractivity (Wildman–Crippen MR) is 55.3 cm³/mol. The summed E-state index contributed by atoms with van der Waals surface area (Å²) >= 11 is 0. The molecule has 1 heterocycles. The van der Waals surface area contributed by atoms with Gasteiger partial charge in [0.05, 0.1) is 11.3 Å². The van der Waals surface area contributed by atoms with Crippen molar-refractivity contribution in [3.05, 3.63) is 29.8 Å². The zero-order valence-corrected chi connectivity index (χ0v) is 8.66. The van der Waals surface area contributed by atoms with Crippen LogP contribution in [0.4, 0.5) is 5.69 Å². The topological polar surface area (TPSA) is 73.0 Å². The SMILES string of the molecule is N#Cc1ccccc1NS(=O)(=O)N1CC1. The fourth-order valence-corrected chi connectivity index (χ4v) is 2.30. The lowest BCUT2D eigenvalue weighted by molar-refractivity contribution is 0.569. The molecule has 0 aromatic heterocycles. The lowest BCUT2D eigenvalue weighted by Crippen LogP contribution is -2.21. The van der Waals surface area contributed by atoms with E-state index >= 15 is 0 Å². The van der Waals surface area contributed by atoms with Gasteiger partial charge in [-0.25, -0.2) is 0 Å². The molecule has 1 aliphatic rings. The third-order valence-electron chi connectivity index (χ3n) is 2.03. The lowest BCUT2D eigenvalue weighted by Gasteiger charge is -2.08. The minimum atomic E-state index is -3.44. The van der Waals surface area contributed by atoms with Gasteiger partial charge < -0.3 is 0 Å². The summed E-state index contributed by atoms with van der Waals surface area (Å²) in [4.78, 5) is 0. The van der Waals surface area contributed by atoms with Crippen molar-refractivity contribution in [1.82, 2.24) is 4.31 Å². The Kier molecular flexibility index (Phi) is 2.34. The van der Waals surface area contributed by atoms with E-state index in [0.717, 1.165) is 0 Å². The number of nitrogens with zero attached hydrogens (tertiary/aromatic N) is 2. The molecule has 0 atom stereocenters. The van der Waals surface area contributed by atoms with E-state index in [1.54, 1.807) is 24.3 Å². The van der Waals surface area contributed by atoms with Crippen molar-refractivity contribution in [2.75, 3.05) is 17.8 Å². The van der Waals surface area contributed by atoms with E-state index in [4.69, 9.17) is 5.26 Å². The molecule has 15 heavy (non-hydrogen) atoms. The van der Waals surface area contributed by atoms with Crippen LogP contribution >= 0.6 is 0 Å². The van der Waals surface area contributed by atoms with Crippen molar-refractivity contribution in [3.63, 3.8) is 0 Å². The van der Waals surface area contributed by atoms with Crippen LogP contribution in [0.5, 0.6) is 0 Å². The lowest BCUT2D eigenvalue weighted by atomic mass is 10.2. The van der Waals surface area contributed by atoms with Crippen molar-refractivity contribution in [3.8, 4) is 6.07 Å². The quantitative estimate of drug-likeness (QED) is 0.760. The highest BCUT2D eigenvalue weighted by Crippen LogP contribution is 2.19. The second-order valence-corrected chi connectivity index (χ2v) is 4.83. The summed E-state index contributed by atoms with van der Waals surface area (Å²) in [6.45, 7) is 1.09. The molecule has 0 amide bonds. The van der Waals surface area contributed by atoms with Crippen LogP contribution in [-0.2, 0) is 10.2 Å². The number of hydrogen-bond donors (Lipinski definition) is 1. The predicted octanol–water partition coefficient (Wildman–Crippen LogP) is 0.531. The van der Waals surface area contributed by atoms with E-state index in [0.29, 0.717) is 24.3 Å². The summed E-state index contributed by atoms with van der Waals surface area (Å²) in [6.07, 6.45) is 0. The summed E-state index contributed by atoms with van der Waals surface area (Å²) in [5.41, 5.74) is 0.648. The molecule has 78 valence electrons. The average molecular weight is 223 g/mol. The Morgan fingerprint density at radius 3 is 2.60 bits per heavy atom. The van der Waals surface area contributed by atoms with Gasteiger partial charge in [-0.3, -0.25) is 4.72 Å². The van der Waals surface area contributed by atoms with E-state index in [1.807, 2.05) is 6.07 Å². The third kappa shape index (κ3) is 2.09. The molecule has 0 spiro atoms. The van der Waals surface area contributed by atoms with Crippen LogP contribution in [0.25, 0.3) is 0 Å². The van der Waals surface area contributed by atoms with Gasteiger partial charge in [0.2, 0.25) is 0 Å². The number of rotatable bonds is 3. The maximum Gasteiger partial charge on any atom is 0.301 e. The summed E-state index contributed by atoms with van der Waals surface area (Å²) in [5.74, 6) is 0. The second kappa shape index (κ2) is 3.53. The van der Waals surface area contributed by atoms with Crippen LogP contribution in [0.2, 0.25) is 0 Å². The largest absolute Gasteiger partial charge is 0.301 e. The molecule has 0 bridgehead atoms. The maximum absolute atomic E-state index is 11.5. The van der Waals surface area contributed by atoms with E-state index < -0.39 is 10.2 Å². The van der Waals surface area contributed by atoms with Crippen LogP contribution in [-0.4, -0.2) is 25.8 Å². The first-order valence-corrected chi connectivity index (χ1v) is 5.84. The molecule has 1 saturated heterocycles. The number of benzene rings is 1. The van der Waals surface area contributed by atoms with E-state index in [1.165, 1.54) is 4.31 Å². The van der Waals surface area contributed by atoms with Crippen LogP contribution in [0.1, 0.15) is 5.56 Å². The molecule has 2 rings (SSSR count). The Bertz CT molecular complexity index is 514. The van der Waals surface area contributed by atoms with Crippen molar-refractivity contribution in [2.45, 2.75) is 0 Å². The molecule has 0 saturated carbocycles. The first-order valence-electron chi connectivity index (χ1n) is 4.40. The highest BCUT2D eigenvalue weighted by Gasteiger charge is 2.31. The van der Waals surface area contributed by atoms with Gasteiger partial charge >= 0.3 is 10.2 Å². The first-order chi connectivity index (χ1) is 7.13. The number of nitriles is 1. The van der Waals surface area contributed by atoms with Gasteiger partial charge in [0.1, 0.15) is 6.07 Å². The standard InChI is InChI=1S/C9H9N3O2S/c10-7-8-3-1-2-4-9(8)11-15(13,14)12-5-6-12/h1-4,11H,5-6H2. The van der Waals surface area contributed by atoms with E-state index in [2.05, 4.69) is 4.72 Å². The van der Waals surface area contributed by atoms with Gasteiger partial charge in [0, 0.05) is 13.1 Å². The van der Waals surface area contributed by atoms with Crippen LogP contribution < -0.4 is 4.72 Å². The molecular weight excluding hydrogens is 214 g/mol. The Morgan fingerprint density at radius 2 is 2.00 bits per heavy atom. The van der Waals surface area contributed by atoms with Gasteiger partial charge in [-0.05, 0) is 12.1 Å². The number of anilines is 1. The molecule has 0 radical (unpaired) electrons. The fourth-order valence-electron chi connectivity index (χ4n) is 1.15. The number of para-hydroxylation sites is 1. The Labute approximate surface area is 88.1 Å². The van der Waals surface area contributed by atoms with Gasteiger partial charge in [-0.1, -0.05) is 12.1 Å². The molecule has 1 N–H and O–H groups in total. The van der Waals surface area contributed by atoms with Gasteiger partial charge in [0.25, 0.3) is 0 Å². The average Bonchev–Trinajstić information content (AvgIpc) is 3.01. The Hall–Kier alpha value is -1.58. The molecule has 1 fully saturated rings. The van der Waals surface area contributed by atoms with Crippen molar-refractivity contribution >= 4 is 15.9 Å². The van der Waals surface area contributed by atoms with Crippen LogP contribution in [0, 0.1) is 11.3 Å². The highest BCUT2D eigenvalue weighted by atomic mass is 32.2. The van der Waals surface area contributed by atoms with Gasteiger partial charge in [0.15, 0.2) is 0 Å². The maximum atomic E-state index is 11.5. The summed E-state index contributed by atoms with van der Waals surface area (Å²) < 4.78 is 26.7. The molecule has 6 heteroatoms. The molecule has 0 unspecified atom stereocenters. The number of hydrogen-bond acceptors (Lipinski definition) is 3. The fraction of sp³-hybridized carbons (Fsp3) is 0.222. The van der Waals surface area contributed by atoms with Crippen LogP contribution in [0.15, 0.2) is 24.3 Å². The first kappa shape index (κ1) is 9.96. The smallest absolute Gasteiger partial charge is 0.270 e. The van der Waals surface area contributed by atoms with Gasteiger partial charge in [-0.2, -0.15) is 18.0 Å². The number of nitrogens with one attached hydrogen (secondary N) is 1. The van der Waals surface area contributed by atoms with E-state index in [-0.39, 0.29) is 0 Å². The molecule has 5 nitrogen and oxygen atoms in total. The minimum Gasteiger partial charge on any atom is -0.270 e. The summed E-state index contributed by atoms with van der Waals surface area (Å²) in [6, 6.07) is 8.44. The molecule has 1 aromatic rings. The zero-order valence-electron chi connectivity index (χ0n) is 7.84. The highest BCUT2D eigenvalue weighted by molar-refractivity contribution is 7.90. The zero-order chi connectivity index (χ0) is 10.9. The molecule has 0 aliphatic carbocycles. The third-order valence-corrected chi connectivity index (χ3v) is 3.56. The van der Waals surface area contributed by atoms with Gasteiger partial charge in [-0.15, -0.1) is 0 Å². The van der Waals surface area contributed by atoms with Crippen molar-refractivity contribution in [1.29, 1.82) is 5.26 Å². The minimum absolute atomic E-state index is 0.322. The Balaban J connectivity index is 2.28. The summed E-state index contributed by atoms with van der Waals surface area (Å²) in [5, 5.41) is 8.77. The van der Waals surface area contributed by atoms with E-state index in [9.17, 15) is 8.42 Å². The Morgan fingerprint density at radius 1 is 1.33 bits per heavy atom. The normalized spacial score (nSPS) is 15.7. The monoisotopic (exact) mass is 223 g/mol. The molecule has 1 aromatic carbocycles. The second-order valence-electron chi connectivity index (χ2n) is 3.16. The molecule has 1 aliphatic heterocycles. The van der Waals surface area contributed by atoms with Crippen molar-refractivity contribution in [2.24, 2.45) is 0 Å².